The van der Waals surface area contributed by atoms with Gasteiger partial charge in [0.25, 0.3) is 0 Å². The topological polar surface area (TPSA) is 40.5 Å². The lowest BCUT2D eigenvalue weighted by molar-refractivity contribution is 0.160. The third-order valence-electron chi connectivity index (χ3n) is 1.69. The fourth-order valence-corrected chi connectivity index (χ4v) is 1.00. The van der Waals surface area contributed by atoms with Crippen LogP contribution in [-0.4, -0.2) is 22.6 Å². The van der Waals surface area contributed by atoms with Crippen molar-refractivity contribution in [2.75, 3.05) is 6.54 Å². The fourth-order valence-electron chi connectivity index (χ4n) is 1.00. The van der Waals surface area contributed by atoms with Crippen molar-refractivity contribution in [2.24, 2.45) is 0 Å². The number of nitrogens with zero attached hydrogens (tertiary/aromatic N) is 1. The minimum Gasteiger partial charge on any atom is -0.465 e. The lowest BCUT2D eigenvalue weighted by atomic mass is 10.2. The van der Waals surface area contributed by atoms with E-state index < -0.39 is 6.09 Å². The second-order valence-electron chi connectivity index (χ2n) is 2.61. The average molecular weight is 178 g/mol. The van der Waals surface area contributed by atoms with Crippen LogP contribution in [-0.2, 0) is 0 Å². The van der Waals surface area contributed by atoms with Crippen molar-refractivity contribution in [3.8, 4) is 0 Å². The van der Waals surface area contributed by atoms with Crippen molar-refractivity contribution in [2.45, 2.75) is 6.92 Å². The summed E-state index contributed by atoms with van der Waals surface area (Å²) in [5, 5.41) is 8.73. The molecule has 0 aliphatic carbocycles. The molecule has 0 bridgehead atoms. The van der Waals surface area contributed by atoms with Gasteiger partial charge in [0.15, 0.2) is 0 Å². The summed E-state index contributed by atoms with van der Waals surface area (Å²) in [7, 11) is 0. The maximum Gasteiger partial charge on any atom is 0.407 e. The van der Waals surface area contributed by atoms with Crippen molar-refractivity contribution < 1.29 is 9.90 Å². The van der Waals surface area contributed by atoms with Crippen LogP contribution in [0.25, 0.3) is 0 Å². The van der Waals surface area contributed by atoms with Crippen LogP contribution in [0.15, 0.2) is 30.3 Å². The molecule has 13 heavy (non-hydrogen) atoms. The second-order valence-corrected chi connectivity index (χ2v) is 2.61. The normalized spacial score (nSPS) is 9.62. The summed E-state index contributed by atoms with van der Waals surface area (Å²) in [6, 6.07) is 9.38. The van der Waals surface area contributed by atoms with Gasteiger partial charge in [-0.25, -0.2) is 4.79 Å². The summed E-state index contributed by atoms with van der Waals surface area (Å²) in [6.07, 6.45) is -0.925. The molecule has 0 aliphatic heterocycles. The molecule has 0 heterocycles. The summed E-state index contributed by atoms with van der Waals surface area (Å²) in [5.41, 5.74) is 0.895. The Kier molecular flexibility index (Phi) is 3.31. The molecule has 69 valence electrons. The molecule has 1 N–H and O–H groups in total. The molecule has 0 atom stereocenters. The van der Waals surface area contributed by atoms with E-state index in [1.165, 1.54) is 4.90 Å². The lowest BCUT2D eigenvalue weighted by Crippen LogP contribution is -2.26. The number of benzene rings is 1. The number of carbonyl (C=O) groups is 1. The van der Waals surface area contributed by atoms with Crippen LogP contribution in [0.1, 0.15) is 12.5 Å². The second kappa shape index (κ2) is 4.50. The number of hydrogen-bond donors (Lipinski definition) is 1. The van der Waals surface area contributed by atoms with E-state index in [0.29, 0.717) is 6.54 Å². The molecule has 1 radical (unpaired) electrons. The summed E-state index contributed by atoms with van der Waals surface area (Å²) in [4.78, 5) is 11.9. The number of amides is 1. The number of rotatable bonds is 3. The minimum atomic E-state index is -0.925. The van der Waals surface area contributed by atoms with E-state index in [9.17, 15) is 4.79 Å². The maximum atomic E-state index is 10.6. The van der Waals surface area contributed by atoms with Gasteiger partial charge in [-0.3, -0.25) is 4.90 Å². The zero-order chi connectivity index (χ0) is 9.68. The average Bonchev–Trinajstić information content (AvgIpc) is 2.15. The van der Waals surface area contributed by atoms with Crippen LogP contribution in [0.3, 0.4) is 0 Å². The monoisotopic (exact) mass is 178 g/mol. The van der Waals surface area contributed by atoms with Gasteiger partial charge in [-0.2, -0.15) is 0 Å². The smallest absolute Gasteiger partial charge is 0.407 e. The Labute approximate surface area is 77.6 Å². The van der Waals surface area contributed by atoms with Crippen LogP contribution < -0.4 is 0 Å². The molecular weight excluding hydrogens is 166 g/mol. The Morgan fingerprint density at radius 3 is 2.54 bits per heavy atom. The highest BCUT2D eigenvalue weighted by molar-refractivity contribution is 5.66. The van der Waals surface area contributed by atoms with E-state index in [4.69, 9.17) is 5.11 Å². The van der Waals surface area contributed by atoms with Gasteiger partial charge < -0.3 is 5.11 Å². The summed E-state index contributed by atoms with van der Waals surface area (Å²) < 4.78 is 0. The van der Waals surface area contributed by atoms with Crippen molar-refractivity contribution in [3.63, 3.8) is 0 Å². The number of hydrogen-bond acceptors (Lipinski definition) is 1. The van der Waals surface area contributed by atoms with Gasteiger partial charge in [0.05, 0.1) is 6.54 Å². The van der Waals surface area contributed by atoms with E-state index >= 15 is 0 Å². The first-order valence-electron chi connectivity index (χ1n) is 4.13. The Bertz CT molecular complexity index is 272. The quantitative estimate of drug-likeness (QED) is 0.770. The van der Waals surface area contributed by atoms with Gasteiger partial charge in [0, 0.05) is 6.54 Å². The van der Waals surface area contributed by atoms with E-state index in [-0.39, 0.29) is 0 Å². The zero-order valence-electron chi connectivity index (χ0n) is 7.47. The van der Waals surface area contributed by atoms with Gasteiger partial charge in [0.1, 0.15) is 0 Å². The molecule has 1 amide bonds. The van der Waals surface area contributed by atoms with E-state index in [0.717, 1.165) is 5.56 Å². The first kappa shape index (κ1) is 9.58. The Morgan fingerprint density at radius 1 is 1.46 bits per heavy atom. The predicted octanol–water partition coefficient (Wildman–Crippen LogP) is 2.20. The predicted molar refractivity (Wildman–Crippen MR) is 50.2 cm³/mol. The molecule has 3 heteroatoms. The molecule has 0 saturated carbocycles. The third-order valence-corrected chi connectivity index (χ3v) is 1.69. The van der Waals surface area contributed by atoms with Crippen molar-refractivity contribution >= 4 is 6.09 Å². The number of carboxylic acid groups (broad SMARTS) is 1. The van der Waals surface area contributed by atoms with Crippen LogP contribution >= 0.6 is 0 Å². The highest BCUT2D eigenvalue weighted by Gasteiger charge is 2.09. The summed E-state index contributed by atoms with van der Waals surface area (Å²) in [6.45, 7) is 3.88. The molecule has 3 nitrogen and oxygen atoms in total. The Balaban J connectivity index is 2.62. The van der Waals surface area contributed by atoms with Gasteiger partial charge in [-0.15, -0.1) is 0 Å². The molecule has 0 unspecified atom stereocenters. The zero-order valence-corrected chi connectivity index (χ0v) is 7.47. The summed E-state index contributed by atoms with van der Waals surface area (Å²) >= 11 is 0. The van der Waals surface area contributed by atoms with Crippen molar-refractivity contribution in [3.05, 3.63) is 42.4 Å². The Hall–Kier alpha value is -1.51. The van der Waals surface area contributed by atoms with Gasteiger partial charge >= 0.3 is 6.09 Å². The third kappa shape index (κ3) is 2.78. The lowest BCUT2D eigenvalue weighted by Gasteiger charge is -2.15. The van der Waals surface area contributed by atoms with Crippen LogP contribution in [0.2, 0.25) is 0 Å². The first-order chi connectivity index (χ1) is 6.24. The molecule has 0 spiro atoms. The van der Waals surface area contributed by atoms with Crippen LogP contribution in [0, 0.1) is 6.54 Å². The van der Waals surface area contributed by atoms with E-state index in [2.05, 4.69) is 0 Å². The van der Waals surface area contributed by atoms with Crippen LogP contribution in [0.5, 0.6) is 0 Å². The SMILES string of the molecule is CCN([CH]c1ccccc1)C(=O)O. The van der Waals surface area contributed by atoms with E-state index in [1.54, 1.807) is 13.5 Å². The first-order valence-corrected chi connectivity index (χ1v) is 4.13. The maximum absolute atomic E-state index is 10.6. The molecule has 0 fully saturated rings. The van der Waals surface area contributed by atoms with Gasteiger partial charge in [-0.05, 0) is 12.5 Å². The highest BCUT2D eigenvalue weighted by atomic mass is 16.4. The summed E-state index contributed by atoms with van der Waals surface area (Å²) in [5.74, 6) is 0. The van der Waals surface area contributed by atoms with E-state index in [1.807, 2.05) is 30.3 Å². The highest BCUT2D eigenvalue weighted by Crippen LogP contribution is 2.06. The van der Waals surface area contributed by atoms with Gasteiger partial charge in [0.2, 0.25) is 0 Å². The molecule has 0 saturated heterocycles. The molecule has 1 aromatic rings. The van der Waals surface area contributed by atoms with Crippen LogP contribution in [0.4, 0.5) is 4.79 Å². The standard InChI is InChI=1S/C10H12NO2/c1-2-11(10(12)13)8-9-6-4-3-5-7-9/h3-8H,2H2,1H3,(H,12,13). The molecule has 0 aromatic heterocycles. The minimum absolute atomic E-state index is 0.463. The largest absolute Gasteiger partial charge is 0.465 e. The molecular formula is C10H12NO2. The molecule has 1 aromatic carbocycles. The fraction of sp³-hybridized carbons (Fsp3) is 0.200. The molecule has 0 aliphatic rings. The van der Waals surface area contributed by atoms with Crippen molar-refractivity contribution in [1.29, 1.82) is 0 Å². The van der Waals surface area contributed by atoms with Crippen molar-refractivity contribution in [1.82, 2.24) is 4.90 Å². The van der Waals surface area contributed by atoms with Gasteiger partial charge in [-0.1, -0.05) is 30.3 Å². The Morgan fingerprint density at radius 2 is 2.08 bits per heavy atom. The molecule has 1 rings (SSSR count).